The summed E-state index contributed by atoms with van der Waals surface area (Å²) in [6, 6.07) is 6.87. The molecule has 0 amide bonds. The first-order chi connectivity index (χ1) is 6.86. The zero-order chi connectivity index (χ0) is 9.97. The molecule has 1 unspecified atom stereocenters. The Morgan fingerprint density at radius 1 is 1.50 bits per heavy atom. The lowest BCUT2D eigenvalue weighted by atomic mass is 10.0. The maximum Gasteiger partial charge on any atom is 0.127 e. The molecule has 2 nitrogen and oxygen atoms in total. The van der Waals surface area contributed by atoms with Crippen LogP contribution in [0.25, 0.3) is 0 Å². The van der Waals surface area contributed by atoms with Gasteiger partial charge >= 0.3 is 0 Å². The van der Waals surface area contributed by atoms with E-state index in [0.29, 0.717) is 6.04 Å². The molecule has 1 aliphatic heterocycles. The zero-order valence-corrected chi connectivity index (χ0v) is 8.84. The highest BCUT2D eigenvalue weighted by Gasteiger charge is 2.19. The maximum absolute atomic E-state index is 5.67. The van der Waals surface area contributed by atoms with Gasteiger partial charge in [0, 0.05) is 18.0 Å². The second-order valence-corrected chi connectivity index (χ2v) is 3.68. The molecule has 1 aromatic rings. The molecule has 0 saturated heterocycles. The Morgan fingerprint density at radius 2 is 2.36 bits per heavy atom. The third-order valence-corrected chi connectivity index (χ3v) is 2.88. The second-order valence-electron chi connectivity index (χ2n) is 3.68. The van der Waals surface area contributed by atoms with Crippen LogP contribution in [0.1, 0.15) is 30.5 Å². The lowest BCUT2D eigenvalue weighted by molar-refractivity contribution is 0.348. The quantitative estimate of drug-likeness (QED) is 0.791. The average Bonchev–Trinajstić information content (AvgIpc) is 2.68. The topological polar surface area (TPSA) is 21.3 Å². The number of hydrogen-bond acceptors (Lipinski definition) is 2. The highest BCUT2D eigenvalue weighted by atomic mass is 16.5. The van der Waals surface area contributed by atoms with Crippen molar-refractivity contribution in [2.24, 2.45) is 0 Å². The van der Waals surface area contributed by atoms with Crippen molar-refractivity contribution in [2.75, 3.05) is 13.7 Å². The first-order valence-electron chi connectivity index (χ1n) is 5.28. The summed E-state index contributed by atoms with van der Waals surface area (Å²) in [5.74, 6) is 1.12. The molecule has 1 aliphatic rings. The van der Waals surface area contributed by atoms with Crippen LogP contribution in [-0.4, -0.2) is 13.7 Å². The third-order valence-electron chi connectivity index (χ3n) is 2.88. The van der Waals surface area contributed by atoms with Gasteiger partial charge in [0.25, 0.3) is 0 Å². The molecular weight excluding hydrogens is 174 g/mol. The van der Waals surface area contributed by atoms with E-state index in [1.165, 1.54) is 11.1 Å². The normalized spacial score (nSPS) is 16.1. The first-order valence-corrected chi connectivity index (χ1v) is 5.28. The third kappa shape index (κ3) is 1.50. The zero-order valence-electron chi connectivity index (χ0n) is 8.84. The van der Waals surface area contributed by atoms with Crippen molar-refractivity contribution in [3.05, 3.63) is 29.3 Å². The highest BCUT2D eigenvalue weighted by Crippen LogP contribution is 2.34. The van der Waals surface area contributed by atoms with Gasteiger partial charge in [-0.05, 0) is 19.0 Å². The van der Waals surface area contributed by atoms with Crippen LogP contribution in [0.4, 0.5) is 0 Å². The lowest BCUT2D eigenvalue weighted by Crippen LogP contribution is -2.15. The van der Waals surface area contributed by atoms with Gasteiger partial charge in [-0.25, -0.2) is 0 Å². The minimum absolute atomic E-state index is 0.419. The molecule has 76 valence electrons. The molecule has 14 heavy (non-hydrogen) atoms. The fourth-order valence-corrected chi connectivity index (χ4v) is 2.09. The van der Waals surface area contributed by atoms with E-state index in [0.717, 1.165) is 25.2 Å². The molecule has 0 aromatic heterocycles. The molecule has 1 N–H and O–H groups in total. The first kappa shape index (κ1) is 9.53. The lowest BCUT2D eigenvalue weighted by Gasteiger charge is -2.17. The fraction of sp³-hybridized carbons (Fsp3) is 0.500. The van der Waals surface area contributed by atoms with Crippen LogP contribution in [0.5, 0.6) is 5.75 Å². The number of ether oxygens (including phenoxy) is 1. The van der Waals surface area contributed by atoms with E-state index >= 15 is 0 Å². The molecule has 1 heterocycles. The van der Waals surface area contributed by atoms with E-state index in [2.05, 4.69) is 30.4 Å². The molecule has 1 atom stereocenters. The summed E-state index contributed by atoms with van der Waals surface area (Å²) in [6.07, 6.45) is 2.15. The molecule has 0 radical (unpaired) electrons. The van der Waals surface area contributed by atoms with E-state index in [1.54, 1.807) is 0 Å². The molecule has 2 rings (SSSR count). The summed E-state index contributed by atoms with van der Waals surface area (Å²) >= 11 is 0. The van der Waals surface area contributed by atoms with Gasteiger partial charge in [-0.3, -0.25) is 0 Å². The second kappa shape index (κ2) is 4.01. The fourth-order valence-electron chi connectivity index (χ4n) is 2.09. The van der Waals surface area contributed by atoms with Crippen LogP contribution < -0.4 is 10.1 Å². The minimum Gasteiger partial charge on any atom is -0.493 e. The largest absolute Gasteiger partial charge is 0.493 e. The Kier molecular flexibility index (Phi) is 2.73. The monoisotopic (exact) mass is 191 g/mol. The molecule has 0 saturated carbocycles. The van der Waals surface area contributed by atoms with Crippen LogP contribution in [0.3, 0.4) is 0 Å². The number of nitrogens with one attached hydrogen (secondary N) is 1. The number of hydrogen-bond donors (Lipinski definition) is 1. The molecule has 0 spiro atoms. The van der Waals surface area contributed by atoms with Crippen molar-refractivity contribution in [2.45, 2.75) is 25.8 Å². The molecule has 2 heteroatoms. The van der Waals surface area contributed by atoms with Gasteiger partial charge in [-0.15, -0.1) is 0 Å². The number of benzene rings is 1. The standard InChI is InChI=1S/C12H17NO/c1-3-11(13-2)10-6-4-5-9-7-8-14-12(9)10/h4-6,11,13H,3,7-8H2,1-2H3. The summed E-state index contributed by atoms with van der Waals surface area (Å²) in [5.41, 5.74) is 2.67. The summed E-state index contributed by atoms with van der Waals surface area (Å²) in [6.45, 7) is 3.03. The smallest absolute Gasteiger partial charge is 0.127 e. The Labute approximate surface area is 85.3 Å². The molecular formula is C12H17NO. The summed E-state index contributed by atoms with van der Waals surface area (Å²) in [7, 11) is 2.00. The molecule has 0 bridgehead atoms. The van der Waals surface area contributed by atoms with E-state index in [4.69, 9.17) is 4.74 Å². The SMILES string of the molecule is CCC(NC)c1cccc2c1OCC2. The molecule has 0 aliphatic carbocycles. The highest BCUT2D eigenvalue weighted by molar-refractivity contribution is 5.45. The summed E-state index contributed by atoms with van der Waals surface area (Å²) < 4.78 is 5.67. The van der Waals surface area contributed by atoms with E-state index in [9.17, 15) is 0 Å². The van der Waals surface area contributed by atoms with Gasteiger partial charge in [0.05, 0.1) is 6.61 Å². The van der Waals surface area contributed by atoms with Gasteiger partial charge < -0.3 is 10.1 Å². The van der Waals surface area contributed by atoms with Crippen LogP contribution in [0.15, 0.2) is 18.2 Å². The van der Waals surface area contributed by atoms with E-state index in [-0.39, 0.29) is 0 Å². The Balaban J connectivity index is 2.38. The van der Waals surface area contributed by atoms with Crippen molar-refractivity contribution in [1.82, 2.24) is 5.32 Å². The van der Waals surface area contributed by atoms with Crippen molar-refractivity contribution in [3.63, 3.8) is 0 Å². The van der Waals surface area contributed by atoms with Crippen LogP contribution in [0, 0.1) is 0 Å². The van der Waals surface area contributed by atoms with Crippen LogP contribution >= 0.6 is 0 Å². The minimum atomic E-state index is 0.419. The Hall–Kier alpha value is -1.02. The number of para-hydroxylation sites is 1. The van der Waals surface area contributed by atoms with Crippen molar-refractivity contribution < 1.29 is 4.74 Å². The van der Waals surface area contributed by atoms with Gasteiger partial charge in [0.1, 0.15) is 5.75 Å². The average molecular weight is 191 g/mol. The molecule has 1 aromatic carbocycles. The number of rotatable bonds is 3. The predicted octanol–water partition coefficient (Wildman–Crippen LogP) is 2.29. The van der Waals surface area contributed by atoms with Crippen molar-refractivity contribution in [1.29, 1.82) is 0 Å². The van der Waals surface area contributed by atoms with Gasteiger partial charge in [-0.1, -0.05) is 25.1 Å². The van der Waals surface area contributed by atoms with Gasteiger partial charge in [0.15, 0.2) is 0 Å². The van der Waals surface area contributed by atoms with Crippen LogP contribution in [-0.2, 0) is 6.42 Å². The summed E-state index contributed by atoms with van der Waals surface area (Å²) in [4.78, 5) is 0. The maximum atomic E-state index is 5.67. The van der Waals surface area contributed by atoms with Gasteiger partial charge in [-0.2, -0.15) is 0 Å². The van der Waals surface area contributed by atoms with Gasteiger partial charge in [0.2, 0.25) is 0 Å². The summed E-state index contributed by atoms with van der Waals surface area (Å²) in [5, 5.41) is 3.32. The van der Waals surface area contributed by atoms with E-state index in [1.807, 2.05) is 7.05 Å². The van der Waals surface area contributed by atoms with Crippen molar-refractivity contribution >= 4 is 0 Å². The predicted molar refractivity (Wildman–Crippen MR) is 57.7 cm³/mol. The Bertz CT molecular complexity index is 318. The number of fused-ring (bicyclic) bond motifs is 1. The van der Waals surface area contributed by atoms with Crippen LogP contribution in [0.2, 0.25) is 0 Å². The Morgan fingerprint density at radius 3 is 3.07 bits per heavy atom. The molecule has 0 fully saturated rings. The van der Waals surface area contributed by atoms with E-state index < -0.39 is 0 Å². The van der Waals surface area contributed by atoms with Crippen molar-refractivity contribution in [3.8, 4) is 5.75 Å².